The lowest BCUT2D eigenvalue weighted by Crippen LogP contribution is -2.37. The Hall–Kier alpha value is -2.75. The first-order valence-electron chi connectivity index (χ1n) is 8.67. The number of esters is 1. The maximum absolute atomic E-state index is 12.7. The zero-order valence-electron chi connectivity index (χ0n) is 15.4. The molecule has 0 bridgehead atoms. The van der Waals surface area contributed by atoms with E-state index in [1.165, 1.54) is 23.5 Å². The van der Waals surface area contributed by atoms with Crippen LogP contribution >= 0.6 is 0 Å². The summed E-state index contributed by atoms with van der Waals surface area (Å²) in [6.07, 6.45) is 0. The predicted octanol–water partition coefficient (Wildman–Crippen LogP) is 1.47. The Kier molecular flexibility index (Phi) is 6.08. The maximum atomic E-state index is 12.7. The first-order chi connectivity index (χ1) is 13.4. The SMILES string of the molecule is COC(=O)c1ccc(NC(=O)CN2CCN(Cc3ccccc3)S2(=O)=O)cc1. The molecule has 1 saturated heterocycles. The van der Waals surface area contributed by atoms with Gasteiger partial charge in [-0.2, -0.15) is 17.0 Å². The van der Waals surface area contributed by atoms with Gasteiger partial charge in [0, 0.05) is 25.3 Å². The van der Waals surface area contributed by atoms with E-state index in [0.29, 0.717) is 17.8 Å². The molecule has 1 N–H and O–H groups in total. The first kappa shape index (κ1) is 20.0. The highest BCUT2D eigenvalue weighted by Crippen LogP contribution is 2.19. The molecule has 28 heavy (non-hydrogen) atoms. The molecule has 3 rings (SSSR count). The van der Waals surface area contributed by atoms with Crippen LogP contribution in [0.4, 0.5) is 5.69 Å². The van der Waals surface area contributed by atoms with Gasteiger partial charge in [-0.05, 0) is 29.8 Å². The molecule has 2 aromatic rings. The maximum Gasteiger partial charge on any atom is 0.337 e. The molecule has 0 saturated carbocycles. The zero-order chi connectivity index (χ0) is 20.1. The number of amides is 1. The number of rotatable bonds is 6. The highest BCUT2D eigenvalue weighted by Gasteiger charge is 2.37. The minimum Gasteiger partial charge on any atom is -0.465 e. The minimum absolute atomic E-state index is 0.254. The van der Waals surface area contributed by atoms with Gasteiger partial charge in [0.15, 0.2) is 0 Å². The molecular weight excluding hydrogens is 382 g/mol. The van der Waals surface area contributed by atoms with E-state index in [0.717, 1.165) is 9.87 Å². The number of nitrogens with zero attached hydrogens (tertiary/aromatic N) is 2. The molecule has 2 aromatic carbocycles. The number of ether oxygens (including phenoxy) is 1. The highest BCUT2D eigenvalue weighted by atomic mass is 32.2. The lowest BCUT2D eigenvalue weighted by Gasteiger charge is -2.18. The van der Waals surface area contributed by atoms with Crippen LogP contribution in [0.5, 0.6) is 0 Å². The van der Waals surface area contributed by atoms with Crippen LogP contribution in [-0.4, -0.2) is 55.6 Å². The monoisotopic (exact) mass is 403 g/mol. The molecule has 148 valence electrons. The molecule has 1 heterocycles. The van der Waals surface area contributed by atoms with E-state index in [1.54, 1.807) is 12.1 Å². The first-order valence-corrected chi connectivity index (χ1v) is 10.1. The topological polar surface area (TPSA) is 96.0 Å². The van der Waals surface area contributed by atoms with Crippen molar-refractivity contribution in [2.24, 2.45) is 0 Å². The predicted molar refractivity (Wildman–Crippen MR) is 104 cm³/mol. The van der Waals surface area contributed by atoms with E-state index in [1.807, 2.05) is 30.3 Å². The smallest absolute Gasteiger partial charge is 0.337 e. The van der Waals surface area contributed by atoms with Crippen LogP contribution in [0.3, 0.4) is 0 Å². The summed E-state index contributed by atoms with van der Waals surface area (Å²) < 4.78 is 32.5. The van der Waals surface area contributed by atoms with Crippen molar-refractivity contribution in [1.82, 2.24) is 8.61 Å². The molecule has 0 unspecified atom stereocenters. The number of hydrogen-bond donors (Lipinski definition) is 1. The standard InChI is InChI=1S/C19H21N3O5S/c1-27-19(24)16-7-9-17(10-8-16)20-18(23)14-22-12-11-21(28(22,25)26)13-15-5-3-2-4-6-15/h2-10H,11-14H2,1H3,(H,20,23). The van der Waals surface area contributed by atoms with E-state index in [-0.39, 0.29) is 19.6 Å². The quantitative estimate of drug-likeness (QED) is 0.737. The third-order valence-electron chi connectivity index (χ3n) is 4.36. The molecule has 0 radical (unpaired) electrons. The van der Waals surface area contributed by atoms with Gasteiger partial charge in [-0.1, -0.05) is 30.3 Å². The molecule has 8 nitrogen and oxygen atoms in total. The number of hydrogen-bond acceptors (Lipinski definition) is 5. The van der Waals surface area contributed by atoms with Gasteiger partial charge in [-0.15, -0.1) is 0 Å². The van der Waals surface area contributed by atoms with E-state index < -0.39 is 22.1 Å². The molecule has 1 fully saturated rings. The van der Waals surface area contributed by atoms with E-state index in [2.05, 4.69) is 10.1 Å². The second-order valence-electron chi connectivity index (χ2n) is 6.28. The van der Waals surface area contributed by atoms with E-state index in [9.17, 15) is 18.0 Å². The Morgan fingerprint density at radius 3 is 2.29 bits per heavy atom. The van der Waals surface area contributed by atoms with Gasteiger partial charge in [0.25, 0.3) is 10.2 Å². The Bertz CT molecular complexity index is 945. The van der Waals surface area contributed by atoms with Crippen molar-refractivity contribution in [3.05, 3.63) is 65.7 Å². The van der Waals surface area contributed by atoms with Crippen LogP contribution in [0.15, 0.2) is 54.6 Å². The molecule has 1 aliphatic rings. The van der Waals surface area contributed by atoms with Gasteiger partial charge >= 0.3 is 5.97 Å². The van der Waals surface area contributed by atoms with Crippen LogP contribution in [0.25, 0.3) is 0 Å². The van der Waals surface area contributed by atoms with Gasteiger partial charge in [-0.3, -0.25) is 4.79 Å². The van der Waals surface area contributed by atoms with E-state index in [4.69, 9.17) is 0 Å². The Labute approximate surface area is 163 Å². The molecule has 0 atom stereocenters. The molecule has 1 aliphatic heterocycles. The Balaban J connectivity index is 1.59. The van der Waals surface area contributed by atoms with Gasteiger partial charge in [0.05, 0.1) is 19.2 Å². The van der Waals surface area contributed by atoms with Crippen molar-refractivity contribution < 1.29 is 22.7 Å². The highest BCUT2D eigenvalue weighted by molar-refractivity contribution is 7.87. The van der Waals surface area contributed by atoms with Crippen molar-refractivity contribution in [2.75, 3.05) is 32.1 Å². The number of benzene rings is 2. The second kappa shape index (κ2) is 8.51. The van der Waals surface area contributed by atoms with Gasteiger partial charge in [-0.25, -0.2) is 4.79 Å². The summed E-state index contributed by atoms with van der Waals surface area (Å²) in [7, 11) is -2.40. The van der Waals surface area contributed by atoms with Crippen molar-refractivity contribution in [1.29, 1.82) is 0 Å². The van der Waals surface area contributed by atoms with Gasteiger partial charge in [0.1, 0.15) is 0 Å². The molecule has 0 spiro atoms. The number of carbonyl (C=O) groups is 2. The Morgan fingerprint density at radius 2 is 1.64 bits per heavy atom. The second-order valence-corrected chi connectivity index (χ2v) is 8.21. The molecule has 1 amide bonds. The molecule has 0 aliphatic carbocycles. The van der Waals surface area contributed by atoms with Crippen molar-refractivity contribution in [3.8, 4) is 0 Å². The fraction of sp³-hybridized carbons (Fsp3) is 0.263. The fourth-order valence-corrected chi connectivity index (χ4v) is 4.44. The zero-order valence-corrected chi connectivity index (χ0v) is 16.2. The van der Waals surface area contributed by atoms with Crippen molar-refractivity contribution >= 4 is 27.8 Å². The summed E-state index contributed by atoms with van der Waals surface area (Å²) in [5.41, 5.74) is 1.72. The van der Waals surface area contributed by atoms with Crippen LogP contribution in [-0.2, 0) is 26.3 Å². The fourth-order valence-electron chi connectivity index (χ4n) is 2.89. The van der Waals surface area contributed by atoms with Crippen LogP contribution < -0.4 is 5.32 Å². The number of anilines is 1. The third kappa shape index (κ3) is 4.56. The van der Waals surface area contributed by atoms with Crippen LogP contribution in [0.1, 0.15) is 15.9 Å². The summed E-state index contributed by atoms with van der Waals surface area (Å²) in [5.74, 6) is -0.921. The average molecular weight is 403 g/mol. The summed E-state index contributed by atoms with van der Waals surface area (Å²) >= 11 is 0. The van der Waals surface area contributed by atoms with Gasteiger partial charge < -0.3 is 10.1 Å². The Morgan fingerprint density at radius 1 is 1.00 bits per heavy atom. The molecule has 9 heteroatoms. The summed E-state index contributed by atoms with van der Waals surface area (Å²) in [6.45, 7) is 0.588. The number of carbonyl (C=O) groups excluding carboxylic acids is 2. The van der Waals surface area contributed by atoms with Crippen molar-refractivity contribution in [2.45, 2.75) is 6.54 Å². The van der Waals surface area contributed by atoms with Gasteiger partial charge in [0.2, 0.25) is 5.91 Å². The molecular formula is C19H21N3O5S. The minimum atomic E-state index is -3.69. The summed E-state index contributed by atoms with van der Waals surface area (Å²) in [5, 5.41) is 2.64. The lowest BCUT2D eigenvalue weighted by atomic mass is 10.2. The van der Waals surface area contributed by atoms with Crippen LogP contribution in [0, 0.1) is 0 Å². The largest absolute Gasteiger partial charge is 0.465 e. The lowest BCUT2D eigenvalue weighted by molar-refractivity contribution is -0.116. The normalized spacial score (nSPS) is 16.6. The van der Waals surface area contributed by atoms with Crippen LogP contribution in [0.2, 0.25) is 0 Å². The molecule has 0 aromatic heterocycles. The van der Waals surface area contributed by atoms with Crippen molar-refractivity contribution in [3.63, 3.8) is 0 Å². The summed E-state index contributed by atoms with van der Waals surface area (Å²) in [6, 6.07) is 15.5. The van der Waals surface area contributed by atoms with E-state index >= 15 is 0 Å². The third-order valence-corrected chi connectivity index (χ3v) is 6.29. The number of methoxy groups -OCH3 is 1. The summed E-state index contributed by atoms with van der Waals surface area (Å²) in [4.78, 5) is 23.7. The number of nitrogens with one attached hydrogen (secondary N) is 1. The average Bonchev–Trinajstić information content (AvgIpc) is 2.96.